The van der Waals surface area contributed by atoms with E-state index in [-0.39, 0.29) is 13.1 Å². The second kappa shape index (κ2) is 12.9. The zero-order chi connectivity index (χ0) is 31.8. The molecular formula is C36H41FN6O3. The van der Waals surface area contributed by atoms with Crippen LogP contribution in [0.1, 0.15) is 48.8 Å². The van der Waals surface area contributed by atoms with Crippen molar-refractivity contribution < 1.29 is 18.7 Å². The predicted octanol–water partition coefficient (Wildman–Crippen LogP) is 5.39. The molecule has 0 unspecified atom stereocenters. The molecule has 4 aliphatic rings. The van der Waals surface area contributed by atoms with Crippen molar-refractivity contribution in [3.8, 4) is 22.9 Å². The fourth-order valence-corrected chi connectivity index (χ4v) is 7.76. The molecule has 7 rings (SSSR count). The number of carbonyl (C=O) groups is 1. The molecule has 2 fully saturated rings. The van der Waals surface area contributed by atoms with Crippen molar-refractivity contribution in [3.05, 3.63) is 64.8 Å². The van der Waals surface area contributed by atoms with Gasteiger partial charge in [-0.2, -0.15) is 9.97 Å². The van der Waals surface area contributed by atoms with Gasteiger partial charge in [0.25, 0.3) is 5.91 Å². The fraction of sp³-hybridized carbons (Fsp3) is 0.500. The maximum absolute atomic E-state index is 14.0. The Kier molecular flexibility index (Phi) is 8.52. The van der Waals surface area contributed by atoms with Gasteiger partial charge in [0.05, 0.1) is 17.5 Å². The van der Waals surface area contributed by atoms with E-state index < -0.39 is 17.8 Å². The van der Waals surface area contributed by atoms with Crippen molar-refractivity contribution in [2.45, 2.75) is 63.5 Å². The molecule has 2 atom stereocenters. The summed E-state index contributed by atoms with van der Waals surface area (Å²) in [5, 5.41) is 0.824. The molecule has 0 radical (unpaired) electrons. The van der Waals surface area contributed by atoms with Crippen molar-refractivity contribution in [2.75, 3.05) is 57.9 Å². The molecule has 0 N–H and O–H groups in total. The van der Waals surface area contributed by atoms with Crippen LogP contribution in [0, 0.1) is 6.57 Å². The van der Waals surface area contributed by atoms with Gasteiger partial charge in [0.15, 0.2) is 5.83 Å². The van der Waals surface area contributed by atoms with E-state index in [1.54, 1.807) is 0 Å². The molecule has 0 bridgehead atoms. The highest BCUT2D eigenvalue weighted by Gasteiger charge is 2.36. The van der Waals surface area contributed by atoms with Crippen LogP contribution in [-0.4, -0.2) is 90.7 Å². The van der Waals surface area contributed by atoms with Crippen molar-refractivity contribution in [3.63, 3.8) is 0 Å². The number of carbonyl (C=O) groups excluding carboxylic acids is 1. The maximum Gasteiger partial charge on any atom is 0.319 e. The van der Waals surface area contributed by atoms with E-state index in [2.05, 4.69) is 52.5 Å². The standard InChI is InChI=1S/C36H41FN6O3/c1-23(37)35(44)43-17-16-42(21-26(43)20-38-2)34-32-31(39-36(40-34)46-22-25-11-7-15-41(25)3)19-30(29-14-8-18-45-33(29)32)28-13-6-10-24-9-4-5-12-27(24)28/h6,10,13,19,25-26H,1,4-5,7-9,11-12,14-18,20-22H2,3H3/t25-,26-/m0/s1. The molecule has 2 saturated heterocycles. The number of likely N-dealkylation sites (N-methyl/N-ethyl adjacent to an activating group) is 1. The molecule has 0 spiro atoms. The van der Waals surface area contributed by atoms with Gasteiger partial charge >= 0.3 is 6.01 Å². The Hall–Kier alpha value is -4.23. The highest BCUT2D eigenvalue weighted by molar-refractivity contribution is 6.01. The van der Waals surface area contributed by atoms with Gasteiger partial charge in [-0.3, -0.25) is 4.79 Å². The Morgan fingerprint density at radius 1 is 1.09 bits per heavy atom. The molecule has 3 aromatic rings. The molecule has 1 aromatic heterocycles. The number of fused-ring (bicyclic) bond motifs is 4. The second-order valence-electron chi connectivity index (χ2n) is 13.0. The Morgan fingerprint density at radius 3 is 2.74 bits per heavy atom. The van der Waals surface area contributed by atoms with Crippen molar-refractivity contribution in [1.82, 2.24) is 19.8 Å². The number of nitrogens with zero attached hydrogens (tertiary/aromatic N) is 6. The van der Waals surface area contributed by atoms with E-state index in [9.17, 15) is 9.18 Å². The molecule has 1 aliphatic carbocycles. The molecule has 9 nitrogen and oxygen atoms in total. The second-order valence-corrected chi connectivity index (χ2v) is 13.0. The summed E-state index contributed by atoms with van der Waals surface area (Å²) in [5.74, 6) is -0.300. The minimum atomic E-state index is -1.01. The lowest BCUT2D eigenvalue weighted by Crippen LogP contribution is -2.56. The Bertz CT molecular complexity index is 1720. The van der Waals surface area contributed by atoms with Gasteiger partial charge in [0, 0.05) is 31.2 Å². The normalized spacial score (nSPS) is 21.3. The van der Waals surface area contributed by atoms with Crippen LogP contribution in [0.15, 0.2) is 36.7 Å². The molecule has 240 valence electrons. The minimum Gasteiger partial charge on any atom is -0.492 e. The largest absolute Gasteiger partial charge is 0.492 e. The van der Waals surface area contributed by atoms with Gasteiger partial charge in [0.1, 0.15) is 24.2 Å². The molecule has 46 heavy (non-hydrogen) atoms. The van der Waals surface area contributed by atoms with Crippen LogP contribution in [0.25, 0.3) is 26.9 Å². The summed E-state index contributed by atoms with van der Waals surface area (Å²) in [6.45, 7) is 13.9. The highest BCUT2D eigenvalue weighted by Crippen LogP contribution is 2.46. The first-order valence-corrected chi connectivity index (χ1v) is 16.6. The third-order valence-electron chi connectivity index (χ3n) is 10.2. The SMILES string of the molecule is [C-]#[N+]C[C@H]1CN(c2nc(OC[C@@H]3CCCN3C)nc3cc(-c4cccc5c4CCCC5)c4c(c23)OCCC4)CCN1C(=O)C(=C)F. The minimum absolute atomic E-state index is 0.0494. The lowest BCUT2D eigenvalue weighted by atomic mass is 9.83. The van der Waals surface area contributed by atoms with Crippen LogP contribution >= 0.6 is 0 Å². The zero-order valence-electron chi connectivity index (χ0n) is 26.6. The van der Waals surface area contributed by atoms with E-state index >= 15 is 0 Å². The smallest absolute Gasteiger partial charge is 0.319 e. The van der Waals surface area contributed by atoms with Gasteiger partial charge in [-0.25, -0.2) is 11.0 Å². The first-order valence-electron chi connectivity index (χ1n) is 16.6. The highest BCUT2D eigenvalue weighted by atomic mass is 19.1. The van der Waals surface area contributed by atoms with E-state index in [4.69, 9.17) is 26.0 Å². The number of ether oxygens (including phenoxy) is 2. The van der Waals surface area contributed by atoms with E-state index in [0.29, 0.717) is 44.2 Å². The number of piperazine rings is 1. The number of aromatic nitrogens is 2. The lowest BCUT2D eigenvalue weighted by molar-refractivity contribution is -0.131. The number of likely N-dealkylation sites (tertiary alicyclic amines) is 1. The summed E-state index contributed by atoms with van der Waals surface area (Å²) in [5.41, 5.74) is 7.19. The van der Waals surface area contributed by atoms with E-state index in [1.165, 1.54) is 40.0 Å². The first-order chi connectivity index (χ1) is 22.4. The number of aryl methyl sites for hydroxylation is 1. The monoisotopic (exact) mass is 624 g/mol. The Morgan fingerprint density at radius 2 is 1.93 bits per heavy atom. The lowest BCUT2D eigenvalue weighted by Gasteiger charge is -2.40. The van der Waals surface area contributed by atoms with Gasteiger partial charge < -0.3 is 29.0 Å². The number of anilines is 1. The van der Waals surface area contributed by atoms with Crippen LogP contribution in [0.4, 0.5) is 10.2 Å². The molecule has 1 amide bonds. The van der Waals surface area contributed by atoms with Crippen LogP contribution < -0.4 is 14.4 Å². The number of hydrogen-bond acceptors (Lipinski definition) is 7. The molecule has 4 heterocycles. The van der Waals surface area contributed by atoms with Crippen molar-refractivity contribution in [1.29, 1.82) is 0 Å². The van der Waals surface area contributed by atoms with Gasteiger partial charge in [-0.05, 0) is 93.3 Å². The van der Waals surface area contributed by atoms with Crippen molar-refractivity contribution >= 4 is 22.6 Å². The summed E-state index contributed by atoms with van der Waals surface area (Å²) < 4.78 is 26.8. The van der Waals surface area contributed by atoms with Crippen molar-refractivity contribution in [2.24, 2.45) is 0 Å². The third-order valence-corrected chi connectivity index (χ3v) is 10.2. The molecule has 2 aromatic carbocycles. The van der Waals surface area contributed by atoms with Crippen LogP contribution in [0.5, 0.6) is 11.8 Å². The predicted molar refractivity (Wildman–Crippen MR) is 176 cm³/mol. The van der Waals surface area contributed by atoms with Crippen LogP contribution in [-0.2, 0) is 24.1 Å². The summed E-state index contributed by atoms with van der Waals surface area (Å²) in [4.78, 5) is 32.1. The van der Waals surface area contributed by atoms with E-state index in [1.807, 2.05) is 0 Å². The fourth-order valence-electron chi connectivity index (χ4n) is 7.76. The number of rotatable bonds is 7. The molecule has 10 heteroatoms. The van der Waals surface area contributed by atoms with Gasteiger partial charge in [0.2, 0.25) is 6.54 Å². The zero-order valence-corrected chi connectivity index (χ0v) is 26.6. The summed E-state index contributed by atoms with van der Waals surface area (Å²) in [6, 6.07) is 8.94. The topological polar surface area (TPSA) is 75.4 Å². The third kappa shape index (κ3) is 5.66. The summed E-state index contributed by atoms with van der Waals surface area (Å²) >= 11 is 0. The molecule has 0 saturated carbocycles. The Labute approximate surface area is 269 Å². The number of amides is 1. The maximum atomic E-state index is 14.0. The summed E-state index contributed by atoms with van der Waals surface area (Å²) in [6.07, 6.45) is 8.58. The number of benzene rings is 2. The number of halogens is 1. The average Bonchev–Trinajstić information content (AvgIpc) is 3.50. The van der Waals surface area contributed by atoms with Crippen LogP contribution in [0.2, 0.25) is 0 Å². The average molecular weight is 625 g/mol. The van der Waals surface area contributed by atoms with Crippen LogP contribution in [0.3, 0.4) is 0 Å². The summed E-state index contributed by atoms with van der Waals surface area (Å²) in [7, 11) is 2.12. The molecule has 3 aliphatic heterocycles. The van der Waals surface area contributed by atoms with Gasteiger partial charge in [-0.1, -0.05) is 24.8 Å². The van der Waals surface area contributed by atoms with Gasteiger partial charge in [-0.15, -0.1) is 0 Å². The first kappa shape index (κ1) is 30.4. The number of hydrogen-bond donors (Lipinski definition) is 0. The Balaban J connectivity index is 1.36. The molecular weight excluding hydrogens is 583 g/mol. The quantitative estimate of drug-likeness (QED) is 0.258. The van der Waals surface area contributed by atoms with E-state index in [0.717, 1.165) is 67.3 Å².